The molecule has 0 radical (unpaired) electrons. The van der Waals surface area contributed by atoms with Gasteiger partial charge in [0.2, 0.25) is 10.0 Å². The number of hydrogen-bond donors (Lipinski definition) is 1. The highest BCUT2D eigenvalue weighted by Crippen LogP contribution is 2.34. The second-order valence-corrected chi connectivity index (χ2v) is 7.76. The molecule has 0 bridgehead atoms. The molecule has 1 aliphatic carbocycles. The first-order valence-electron chi connectivity index (χ1n) is 4.96. The quantitative estimate of drug-likeness (QED) is 0.931. The average Bonchev–Trinajstić information content (AvgIpc) is 2.75. The van der Waals surface area contributed by atoms with E-state index in [9.17, 15) is 8.42 Å². The number of rotatable bonds is 3. The molecule has 1 fully saturated rings. The van der Waals surface area contributed by atoms with Crippen LogP contribution in [0.2, 0.25) is 8.67 Å². The molecule has 0 spiro atoms. The summed E-state index contributed by atoms with van der Waals surface area (Å²) in [4.78, 5) is 0.0936. The van der Waals surface area contributed by atoms with Crippen molar-refractivity contribution in [2.45, 2.75) is 36.6 Å². The van der Waals surface area contributed by atoms with Gasteiger partial charge in [0.25, 0.3) is 0 Å². The molecule has 7 heteroatoms. The number of halogens is 2. The Labute approximate surface area is 109 Å². The zero-order chi connectivity index (χ0) is 11.8. The lowest BCUT2D eigenvalue weighted by Crippen LogP contribution is -2.32. The van der Waals surface area contributed by atoms with Crippen LogP contribution in [0.1, 0.15) is 25.7 Å². The van der Waals surface area contributed by atoms with E-state index in [1.807, 2.05) is 0 Å². The topological polar surface area (TPSA) is 46.2 Å². The normalized spacial score (nSPS) is 18.1. The molecule has 0 aliphatic heterocycles. The minimum Gasteiger partial charge on any atom is -0.208 e. The third kappa shape index (κ3) is 2.71. The van der Waals surface area contributed by atoms with Crippen molar-refractivity contribution in [2.24, 2.45) is 0 Å². The van der Waals surface area contributed by atoms with E-state index in [1.165, 1.54) is 6.07 Å². The molecule has 90 valence electrons. The summed E-state index contributed by atoms with van der Waals surface area (Å²) in [5, 5.41) is 0. The summed E-state index contributed by atoms with van der Waals surface area (Å²) in [6.07, 6.45) is 3.94. The van der Waals surface area contributed by atoms with Crippen molar-refractivity contribution in [1.29, 1.82) is 0 Å². The van der Waals surface area contributed by atoms with Crippen LogP contribution in [0.15, 0.2) is 11.0 Å². The molecule has 1 heterocycles. The fraction of sp³-hybridized carbons (Fsp3) is 0.556. The van der Waals surface area contributed by atoms with Crippen molar-refractivity contribution in [3.05, 3.63) is 14.7 Å². The van der Waals surface area contributed by atoms with Gasteiger partial charge in [-0.1, -0.05) is 36.0 Å². The molecule has 2 rings (SSSR count). The Morgan fingerprint density at radius 2 is 1.94 bits per heavy atom. The van der Waals surface area contributed by atoms with Crippen molar-refractivity contribution in [3.8, 4) is 0 Å². The van der Waals surface area contributed by atoms with Crippen LogP contribution >= 0.6 is 34.5 Å². The van der Waals surface area contributed by atoms with Crippen LogP contribution in [0.3, 0.4) is 0 Å². The largest absolute Gasteiger partial charge is 0.243 e. The van der Waals surface area contributed by atoms with Gasteiger partial charge in [-0.3, -0.25) is 0 Å². The zero-order valence-electron chi connectivity index (χ0n) is 8.37. The van der Waals surface area contributed by atoms with E-state index in [0.717, 1.165) is 37.0 Å². The van der Waals surface area contributed by atoms with Gasteiger partial charge in [-0.2, -0.15) is 0 Å². The van der Waals surface area contributed by atoms with Gasteiger partial charge in [-0.25, -0.2) is 13.1 Å². The molecular formula is C9H11Cl2NO2S2. The second kappa shape index (κ2) is 4.82. The summed E-state index contributed by atoms with van der Waals surface area (Å²) < 4.78 is 27.2. The summed E-state index contributed by atoms with van der Waals surface area (Å²) in [6.45, 7) is 0. The molecule has 0 amide bonds. The van der Waals surface area contributed by atoms with Crippen LogP contribution in [0, 0.1) is 0 Å². The Balaban J connectivity index is 2.21. The standard InChI is InChI=1S/C9H11Cl2NO2S2/c10-8-5-7(9(11)15-8)16(13,14)12-6-3-1-2-4-6/h5-6,12H,1-4H2. The monoisotopic (exact) mass is 299 g/mol. The highest BCUT2D eigenvalue weighted by molar-refractivity contribution is 7.89. The molecule has 16 heavy (non-hydrogen) atoms. The molecule has 3 nitrogen and oxygen atoms in total. The third-order valence-electron chi connectivity index (χ3n) is 2.59. The van der Waals surface area contributed by atoms with Crippen LogP contribution in [-0.2, 0) is 10.0 Å². The number of thiophene rings is 1. The van der Waals surface area contributed by atoms with Gasteiger partial charge in [-0.15, -0.1) is 11.3 Å². The van der Waals surface area contributed by atoms with E-state index in [1.54, 1.807) is 0 Å². The van der Waals surface area contributed by atoms with Gasteiger partial charge in [0, 0.05) is 6.04 Å². The minimum atomic E-state index is -3.51. The summed E-state index contributed by atoms with van der Waals surface area (Å²) in [6, 6.07) is 1.44. The molecule has 0 saturated heterocycles. The van der Waals surface area contributed by atoms with E-state index >= 15 is 0 Å². The predicted octanol–water partition coefficient (Wildman–Crippen LogP) is 3.28. The predicted molar refractivity (Wildman–Crippen MR) is 66.9 cm³/mol. The lowest BCUT2D eigenvalue weighted by molar-refractivity contribution is 0.552. The van der Waals surface area contributed by atoms with Crippen molar-refractivity contribution < 1.29 is 8.42 Å². The average molecular weight is 300 g/mol. The van der Waals surface area contributed by atoms with E-state index in [4.69, 9.17) is 23.2 Å². The Morgan fingerprint density at radius 1 is 1.31 bits per heavy atom. The Hall–Kier alpha value is 0.190. The van der Waals surface area contributed by atoms with E-state index < -0.39 is 10.0 Å². The van der Waals surface area contributed by atoms with Crippen LogP contribution < -0.4 is 4.72 Å². The molecular weight excluding hydrogens is 289 g/mol. The fourth-order valence-corrected chi connectivity index (χ4v) is 5.29. The maximum Gasteiger partial charge on any atom is 0.243 e. The Kier molecular flexibility index (Phi) is 3.81. The minimum absolute atomic E-state index is 0.0414. The first-order chi connectivity index (χ1) is 7.49. The molecule has 0 unspecified atom stereocenters. The van der Waals surface area contributed by atoms with E-state index in [-0.39, 0.29) is 15.3 Å². The van der Waals surface area contributed by atoms with Crippen molar-refractivity contribution in [2.75, 3.05) is 0 Å². The van der Waals surface area contributed by atoms with Crippen LogP contribution in [0.25, 0.3) is 0 Å². The molecule has 0 atom stereocenters. The molecule has 1 aromatic heterocycles. The van der Waals surface area contributed by atoms with Crippen LogP contribution in [0.4, 0.5) is 0 Å². The Morgan fingerprint density at radius 3 is 2.44 bits per heavy atom. The maximum atomic E-state index is 12.0. The van der Waals surface area contributed by atoms with Crippen LogP contribution in [0.5, 0.6) is 0 Å². The summed E-state index contributed by atoms with van der Waals surface area (Å²) in [7, 11) is -3.51. The van der Waals surface area contributed by atoms with E-state index in [0.29, 0.717) is 4.34 Å². The van der Waals surface area contributed by atoms with Gasteiger partial charge in [0.05, 0.1) is 4.34 Å². The first-order valence-corrected chi connectivity index (χ1v) is 8.02. The molecule has 1 saturated carbocycles. The van der Waals surface area contributed by atoms with Crippen molar-refractivity contribution >= 4 is 44.6 Å². The van der Waals surface area contributed by atoms with E-state index in [2.05, 4.69) is 4.72 Å². The fourth-order valence-electron chi connectivity index (χ4n) is 1.83. The summed E-state index contributed by atoms with van der Waals surface area (Å²) in [5.41, 5.74) is 0. The number of hydrogen-bond acceptors (Lipinski definition) is 3. The molecule has 1 aromatic rings. The first kappa shape index (κ1) is 12.6. The number of sulfonamides is 1. The zero-order valence-corrected chi connectivity index (χ0v) is 11.5. The van der Waals surface area contributed by atoms with Crippen molar-refractivity contribution in [3.63, 3.8) is 0 Å². The van der Waals surface area contributed by atoms with Gasteiger partial charge >= 0.3 is 0 Å². The third-order valence-corrected chi connectivity index (χ3v) is 5.87. The lowest BCUT2D eigenvalue weighted by Gasteiger charge is -2.11. The smallest absolute Gasteiger partial charge is 0.208 e. The molecule has 1 N–H and O–H groups in total. The highest BCUT2D eigenvalue weighted by Gasteiger charge is 2.26. The maximum absolute atomic E-state index is 12.0. The Bertz CT molecular complexity index is 478. The van der Waals surface area contributed by atoms with Gasteiger partial charge in [0.1, 0.15) is 9.23 Å². The number of nitrogens with one attached hydrogen (secondary N) is 1. The van der Waals surface area contributed by atoms with Gasteiger partial charge < -0.3 is 0 Å². The molecule has 0 aromatic carbocycles. The van der Waals surface area contributed by atoms with Gasteiger partial charge in [-0.05, 0) is 18.9 Å². The second-order valence-electron chi connectivity index (χ2n) is 3.79. The van der Waals surface area contributed by atoms with Crippen LogP contribution in [-0.4, -0.2) is 14.5 Å². The summed E-state index contributed by atoms with van der Waals surface area (Å²) >= 11 is 12.6. The van der Waals surface area contributed by atoms with Crippen molar-refractivity contribution in [1.82, 2.24) is 4.72 Å². The molecule has 1 aliphatic rings. The SMILES string of the molecule is O=S(=O)(NC1CCCC1)c1cc(Cl)sc1Cl. The van der Waals surface area contributed by atoms with Gasteiger partial charge in [0.15, 0.2) is 0 Å². The highest BCUT2D eigenvalue weighted by atomic mass is 35.5. The lowest BCUT2D eigenvalue weighted by atomic mass is 10.3. The summed E-state index contributed by atoms with van der Waals surface area (Å²) in [5.74, 6) is 0.